The lowest BCUT2D eigenvalue weighted by Gasteiger charge is -2.26. The molecule has 1 aromatic rings. The van der Waals surface area contributed by atoms with Crippen LogP contribution in [0, 0.1) is 5.41 Å². The molecule has 0 aromatic heterocycles. The van der Waals surface area contributed by atoms with Gasteiger partial charge in [-0.25, -0.2) is 0 Å². The van der Waals surface area contributed by atoms with Gasteiger partial charge in [-0.3, -0.25) is 0 Å². The van der Waals surface area contributed by atoms with Crippen LogP contribution >= 0.6 is 0 Å². The average molecular weight is 235 g/mol. The van der Waals surface area contributed by atoms with Crippen molar-refractivity contribution in [1.29, 1.82) is 0 Å². The maximum atomic E-state index is 8.97. The first-order chi connectivity index (χ1) is 8.03. The molecule has 0 saturated heterocycles. The van der Waals surface area contributed by atoms with Crippen LogP contribution in [0.3, 0.4) is 0 Å². The molecule has 2 nitrogen and oxygen atoms in total. The summed E-state index contributed by atoms with van der Waals surface area (Å²) in [5.41, 5.74) is 1.53. The molecule has 0 bridgehead atoms. The normalized spacial score (nSPS) is 13.6. The highest BCUT2D eigenvalue weighted by Crippen LogP contribution is 2.18. The second-order valence-electron chi connectivity index (χ2n) is 5.61. The third kappa shape index (κ3) is 5.85. The van der Waals surface area contributed by atoms with Crippen LogP contribution in [0.4, 0.5) is 0 Å². The number of hydrogen-bond donors (Lipinski definition) is 2. The summed E-state index contributed by atoms with van der Waals surface area (Å²) in [6, 6.07) is 11.0. The highest BCUT2D eigenvalue weighted by atomic mass is 16.3. The molecule has 2 N–H and O–H groups in total. The third-order valence-electron chi connectivity index (χ3n) is 3.10. The summed E-state index contributed by atoms with van der Waals surface area (Å²) in [6.07, 6.45) is 1.90. The number of rotatable bonds is 7. The summed E-state index contributed by atoms with van der Waals surface area (Å²) in [4.78, 5) is 0. The lowest BCUT2D eigenvalue weighted by atomic mass is 9.89. The maximum absolute atomic E-state index is 8.97. The largest absolute Gasteiger partial charge is 0.396 e. The summed E-state index contributed by atoms with van der Waals surface area (Å²) in [5, 5.41) is 12.5. The lowest BCUT2D eigenvalue weighted by Crippen LogP contribution is -2.37. The molecule has 1 atom stereocenters. The van der Waals surface area contributed by atoms with Crippen molar-refractivity contribution in [1.82, 2.24) is 5.32 Å². The Bertz CT molecular complexity index is 308. The van der Waals surface area contributed by atoms with Crippen molar-refractivity contribution < 1.29 is 5.11 Å². The fourth-order valence-electron chi connectivity index (χ4n) is 1.88. The molecule has 0 aliphatic carbocycles. The summed E-state index contributed by atoms with van der Waals surface area (Å²) < 4.78 is 0. The van der Waals surface area contributed by atoms with Crippen LogP contribution in [-0.2, 0) is 6.42 Å². The van der Waals surface area contributed by atoms with Gasteiger partial charge in [0.05, 0.1) is 0 Å². The zero-order chi connectivity index (χ0) is 12.7. The van der Waals surface area contributed by atoms with Crippen molar-refractivity contribution in [3.63, 3.8) is 0 Å². The molecule has 0 radical (unpaired) electrons. The first kappa shape index (κ1) is 14.2. The van der Waals surface area contributed by atoms with Crippen LogP contribution in [-0.4, -0.2) is 24.3 Å². The van der Waals surface area contributed by atoms with E-state index in [1.54, 1.807) is 0 Å². The summed E-state index contributed by atoms with van der Waals surface area (Å²) in [6.45, 7) is 7.79. The van der Waals surface area contributed by atoms with Gasteiger partial charge in [0.15, 0.2) is 0 Å². The Morgan fingerprint density at radius 3 is 2.47 bits per heavy atom. The van der Waals surface area contributed by atoms with Gasteiger partial charge in [-0.1, -0.05) is 44.2 Å². The Morgan fingerprint density at radius 1 is 1.24 bits per heavy atom. The lowest BCUT2D eigenvalue weighted by molar-refractivity contribution is 0.203. The Balaban J connectivity index is 2.33. The zero-order valence-corrected chi connectivity index (χ0v) is 11.2. The number of hydrogen-bond acceptors (Lipinski definition) is 2. The Kier molecular flexibility index (Phi) is 5.66. The van der Waals surface area contributed by atoms with Crippen LogP contribution < -0.4 is 5.32 Å². The van der Waals surface area contributed by atoms with Gasteiger partial charge >= 0.3 is 0 Å². The van der Waals surface area contributed by atoms with Crippen LogP contribution in [0.25, 0.3) is 0 Å². The molecule has 96 valence electrons. The standard InChI is InChI=1S/C15H25NO/c1-13(11-14-7-5-4-6-8-14)16-12-15(2,3)9-10-17/h4-8,13,16-17H,9-12H2,1-3H3. The molecular weight excluding hydrogens is 210 g/mol. The van der Waals surface area contributed by atoms with E-state index in [0.717, 1.165) is 19.4 Å². The second-order valence-corrected chi connectivity index (χ2v) is 5.61. The molecule has 1 rings (SSSR count). The SMILES string of the molecule is CC(Cc1ccccc1)NCC(C)(C)CCO. The Hall–Kier alpha value is -0.860. The maximum Gasteiger partial charge on any atom is 0.0436 e. The number of aliphatic hydroxyl groups excluding tert-OH is 1. The molecule has 0 saturated carbocycles. The van der Waals surface area contributed by atoms with Crippen molar-refractivity contribution in [3.8, 4) is 0 Å². The minimum atomic E-state index is 0.166. The van der Waals surface area contributed by atoms with Gasteiger partial charge < -0.3 is 10.4 Å². The highest BCUT2D eigenvalue weighted by Gasteiger charge is 2.17. The smallest absolute Gasteiger partial charge is 0.0436 e. The number of nitrogens with one attached hydrogen (secondary N) is 1. The molecule has 1 unspecified atom stereocenters. The van der Waals surface area contributed by atoms with Gasteiger partial charge in [-0.05, 0) is 30.7 Å². The minimum absolute atomic E-state index is 0.166. The molecule has 0 fully saturated rings. The van der Waals surface area contributed by atoms with Gasteiger partial charge in [0.25, 0.3) is 0 Å². The van der Waals surface area contributed by atoms with Gasteiger partial charge in [-0.2, -0.15) is 0 Å². The molecule has 1 aromatic carbocycles. The predicted octanol–water partition coefficient (Wildman–Crippen LogP) is 2.62. The van der Waals surface area contributed by atoms with E-state index in [0.29, 0.717) is 6.04 Å². The third-order valence-corrected chi connectivity index (χ3v) is 3.10. The number of benzene rings is 1. The monoisotopic (exact) mass is 235 g/mol. The zero-order valence-electron chi connectivity index (χ0n) is 11.2. The molecule has 0 heterocycles. The average Bonchev–Trinajstić information content (AvgIpc) is 2.28. The van der Waals surface area contributed by atoms with Crippen LogP contribution in [0.1, 0.15) is 32.8 Å². The molecular formula is C15H25NO. The van der Waals surface area contributed by atoms with Crippen molar-refractivity contribution in [2.45, 2.75) is 39.7 Å². The fraction of sp³-hybridized carbons (Fsp3) is 0.600. The van der Waals surface area contributed by atoms with E-state index in [1.165, 1.54) is 5.56 Å². The van der Waals surface area contributed by atoms with Gasteiger partial charge in [0.2, 0.25) is 0 Å². The van der Waals surface area contributed by atoms with Crippen molar-refractivity contribution in [2.24, 2.45) is 5.41 Å². The fourth-order valence-corrected chi connectivity index (χ4v) is 1.88. The van der Waals surface area contributed by atoms with Gasteiger partial charge in [0, 0.05) is 19.2 Å². The Morgan fingerprint density at radius 2 is 1.88 bits per heavy atom. The van der Waals surface area contributed by atoms with E-state index in [2.05, 4.69) is 50.4 Å². The predicted molar refractivity (Wildman–Crippen MR) is 73.1 cm³/mol. The van der Waals surface area contributed by atoms with Crippen molar-refractivity contribution in [2.75, 3.05) is 13.2 Å². The van der Waals surface area contributed by atoms with E-state index >= 15 is 0 Å². The first-order valence-electron chi connectivity index (χ1n) is 6.42. The topological polar surface area (TPSA) is 32.3 Å². The number of aliphatic hydroxyl groups is 1. The van der Waals surface area contributed by atoms with E-state index in [9.17, 15) is 0 Å². The molecule has 0 amide bonds. The van der Waals surface area contributed by atoms with E-state index in [-0.39, 0.29) is 12.0 Å². The minimum Gasteiger partial charge on any atom is -0.396 e. The van der Waals surface area contributed by atoms with Crippen LogP contribution in [0.2, 0.25) is 0 Å². The summed E-state index contributed by atoms with van der Waals surface area (Å²) in [7, 11) is 0. The van der Waals surface area contributed by atoms with Gasteiger partial charge in [-0.15, -0.1) is 0 Å². The Labute approximate surface area is 105 Å². The second kappa shape index (κ2) is 6.77. The van der Waals surface area contributed by atoms with E-state index < -0.39 is 0 Å². The van der Waals surface area contributed by atoms with Gasteiger partial charge in [0.1, 0.15) is 0 Å². The molecule has 0 aliphatic rings. The molecule has 0 aliphatic heterocycles. The molecule has 2 heteroatoms. The summed E-state index contributed by atoms with van der Waals surface area (Å²) >= 11 is 0. The van der Waals surface area contributed by atoms with Crippen molar-refractivity contribution in [3.05, 3.63) is 35.9 Å². The quantitative estimate of drug-likeness (QED) is 0.761. The summed E-state index contributed by atoms with van der Waals surface area (Å²) in [5.74, 6) is 0. The van der Waals surface area contributed by atoms with Crippen molar-refractivity contribution >= 4 is 0 Å². The van der Waals surface area contributed by atoms with Crippen LogP contribution in [0.5, 0.6) is 0 Å². The molecule has 0 spiro atoms. The van der Waals surface area contributed by atoms with E-state index in [4.69, 9.17) is 5.11 Å². The van der Waals surface area contributed by atoms with E-state index in [1.807, 2.05) is 6.07 Å². The molecule has 17 heavy (non-hydrogen) atoms. The first-order valence-corrected chi connectivity index (χ1v) is 6.42. The van der Waals surface area contributed by atoms with Crippen LogP contribution in [0.15, 0.2) is 30.3 Å². The highest BCUT2D eigenvalue weighted by molar-refractivity contribution is 5.15.